The van der Waals surface area contributed by atoms with Crippen LogP contribution in [0, 0.1) is 5.92 Å². The van der Waals surface area contributed by atoms with Crippen LogP contribution in [0.5, 0.6) is 11.5 Å². The topological polar surface area (TPSA) is 171 Å². The van der Waals surface area contributed by atoms with E-state index in [2.05, 4.69) is 30.2 Å². The highest BCUT2D eigenvalue weighted by Gasteiger charge is 2.31. The first-order valence-electron chi connectivity index (χ1n) is 25.1. The zero-order chi connectivity index (χ0) is 48.4. The fraction of sp³-hybridized carbons (Fsp3) is 0.608. The van der Waals surface area contributed by atoms with Gasteiger partial charge in [-0.05, 0) is 101 Å². The number of aliphatic hydroxyl groups excluding tert-OH is 1. The molecule has 4 aromatic rings. The average molecular weight is 991 g/mol. The van der Waals surface area contributed by atoms with E-state index in [0.29, 0.717) is 70.6 Å². The molecule has 378 valence electrons. The molecule has 2 aromatic heterocycles. The van der Waals surface area contributed by atoms with Crippen molar-refractivity contribution in [2.24, 2.45) is 5.92 Å². The number of aliphatic hydroxyl groups is 1. The number of H-pyrrole nitrogens is 2. The zero-order valence-corrected chi connectivity index (χ0v) is 42.9. The molecular weight excluding hydrogens is 917 g/mol. The highest BCUT2D eigenvalue weighted by Crippen LogP contribution is 2.44. The molecule has 0 saturated carbocycles. The first kappa shape index (κ1) is 52.7. The van der Waals surface area contributed by atoms with Gasteiger partial charge in [-0.15, -0.1) is 23.5 Å². The lowest BCUT2D eigenvalue weighted by molar-refractivity contribution is 0.0297. The monoisotopic (exact) mass is 991 g/mol. The van der Waals surface area contributed by atoms with Crippen LogP contribution in [0.25, 0.3) is 22.5 Å². The number of fused-ring (bicyclic) bond motifs is 6. The Labute approximate surface area is 416 Å². The summed E-state index contributed by atoms with van der Waals surface area (Å²) in [5.41, 5.74) is 7.04. The van der Waals surface area contributed by atoms with Crippen LogP contribution in [0.2, 0.25) is 0 Å². The number of aromatic nitrogens is 4. The van der Waals surface area contributed by atoms with Gasteiger partial charge in [0.1, 0.15) is 22.9 Å². The lowest BCUT2D eigenvalue weighted by atomic mass is 10.1. The van der Waals surface area contributed by atoms with E-state index in [1.807, 2.05) is 60.0 Å². The number of methoxy groups -OCH3 is 2. The van der Waals surface area contributed by atoms with Crippen molar-refractivity contribution in [1.29, 1.82) is 0 Å². The van der Waals surface area contributed by atoms with Gasteiger partial charge in [0.25, 0.3) is 11.8 Å². The first-order chi connectivity index (χ1) is 33.9. The molecule has 0 bridgehead atoms. The second-order valence-electron chi connectivity index (χ2n) is 17.7. The van der Waals surface area contributed by atoms with Crippen LogP contribution in [-0.2, 0) is 25.7 Å². The van der Waals surface area contributed by atoms with Gasteiger partial charge < -0.3 is 48.4 Å². The van der Waals surface area contributed by atoms with Gasteiger partial charge in [-0.3, -0.25) is 19.8 Å². The molecule has 16 nitrogen and oxygen atoms in total. The van der Waals surface area contributed by atoms with Crippen molar-refractivity contribution in [2.75, 3.05) is 126 Å². The number of amides is 2. The number of morpholine rings is 2. The normalized spacial score (nSPS) is 19.8. The summed E-state index contributed by atoms with van der Waals surface area (Å²) in [6, 6.07) is 11.9. The number of carbonyl (C=O) groups excluding carboxylic acids is 2. The Bertz CT molecular complexity index is 2080. The van der Waals surface area contributed by atoms with E-state index >= 15 is 0 Å². The summed E-state index contributed by atoms with van der Waals surface area (Å²) in [4.78, 5) is 36.3. The van der Waals surface area contributed by atoms with Crippen molar-refractivity contribution in [2.45, 2.75) is 80.1 Å². The number of benzene rings is 2. The van der Waals surface area contributed by atoms with Crippen LogP contribution in [-0.4, -0.2) is 183 Å². The fourth-order valence-electron chi connectivity index (χ4n) is 9.41. The number of likely N-dealkylation sites (tertiary alicyclic amines) is 2. The van der Waals surface area contributed by atoms with Gasteiger partial charge in [-0.1, -0.05) is 26.7 Å². The smallest absolute Gasteiger partial charge is 0.272 e. The maximum Gasteiger partial charge on any atom is 0.272 e. The predicted molar refractivity (Wildman–Crippen MR) is 272 cm³/mol. The molecule has 69 heavy (non-hydrogen) atoms. The van der Waals surface area contributed by atoms with Crippen LogP contribution in [0.3, 0.4) is 0 Å². The fourth-order valence-corrected chi connectivity index (χ4v) is 11.6. The Kier molecular flexibility index (Phi) is 21.0. The second kappa shape index (κ2) is 27.5. The third-order valence-corrected chi connectivity index (χ3v) is 15.4. The summed E-state index contributed by atoms with van der Waals surface area (Å²) < 4.78 is 26.6. The average Bonchev–Trinajstić information content (AvgIpc) is 4.22. The Hall–Kier alpha value is -4.14. The molecule has 2 aromatic carbocycles. The van der Waals surface area contributed by atoms with Crippen molar-refractivity contribution in [3.63, 3.8) is 0 Å². The van der Waals surface area contributed by atoms with Crippen molar-refractivity contribution in [3.8, 4) is 34.0 Å². The number of piperidine rings is 2. The number of hydrogen-bond acceptors (Lipinski definition) is 14. The van der Waals surface area contributed by atoms with E-state index < -0.39 is 0 Å². The molecule has 3 N–H and O–H groups in total. The predicted octanol–water partition coefficient (Wildman–Crippen LogP) is 7.33. The molecule has 7 aliphatic rings. The number of thioether (sulfide) groups is 2. The van der Waals surface area contributed by atoms with E-state index in [-0.39, 0.29) is 11.8 Å². The van der Waals surface area contributed by atoms with Crippen LogP contribution in [0.15, 0.2) is 46.2 Å². The van der Waals surface area contributed by atoms with Crippen molar-refractivity contribution >= 4 is 35.3 Å². The van der Waals surface area contributed by atoms with Crippen LogP contribution >= 0.6 is 23.5 Å². The van der Waals surface area contributed by atoms with Gasteiger partial charge in [0.05, 0.1) is 65.2 Å². The summed E-state index contributed by atoms with van der Waals surface area (Å²) in [6.07, 6.45) is 9.57. The SMILES string of the molecule is C1CCN(CC2CCOC2)CC1.CC.COc1ccc2c(c1)SCc1c-2n[nH]c1C(=O)N1CCOCC1.COc1ccc2c(c1)SCc1c-2n[nH]c1C(=O)N1CCOCC1.OCCN1CCCCC1. The molecule has 5 fully saturated rings. The molecule has 0 aliphatic carbocycles. The third kappa shape index (κ3) is 14.1. The Balaban J connectivity index is 0.000000143. The Morgan fingerprint density at radius 2 is 1.12 bits per heavy atom. The molecule has 7 aliphatic heterocycles. The minimum absolute atomic E-state index is 0.0135. The van der Waals surface area contributed by atoms with Gasteiger partial charge in [0, 0.05) is 89.4 Å². The van der Waals surface area contributed by atoms with Gasteiger partial charge in [-0.2, -0.15) is 10.2 Å². The Morgan fingerprint density at radius 3 is 1.54 bits per heavy atom. The largest absolute Gasteiger partial charge is 0.497 e. The van der Waals surface area contributed by atoms with E-state index in [0.717, 1.165) is 92.1 Å². The summed E-state index contributed by atoms with van der Waals surface area (Å²) in [6.45, 7) is 18.5. The molecular formula is C51H74N8O8S2. The quantitative estimate of drug-likeness (QED) is 0.160. The molecule has 2 amide bonds. The summed E-state index contributed by atoms with van der Waals surface area (Å²) in [7, 11) is 3.32. The zero-order valence-electron chi connectivity index (χ0n) is 41.2. The maximum atomic E-state index is 12.7. The summed E-state index contributed by atoms with van der Waals surface area (Å²) >= 11 is 3.42. The van der Waals surface area contributed by atoms with Gasteiger partial charge in [0.2, 0.25) is 0 Å². The standard InChI is InChI=1S/2C16H17N3O3S.C10H19NO.C7H15NO.C2H6/c2*1-21-10-2-3-11-13(8-10)23-9-12-14(11)17-18-15(12)16(20)19-4-6-22-7-5-19;1-2-5-11(6-3-1)8-10-4-7-12-9-10;9-7-6-8-4-2-1-3-5-8;1-2/h2*2-3,8H,4-7,9H2,1H3,(H,17,18);10H,1-9H2;9H,1-7H2;1-2H3. The second-order valence-corrected chi connectivity index (χ2v) is 19.7. The minimum atomic E-state index is 0.0135. The Morgan fingerprint density at radius 1 is 0.652 bits per heavy atom. The highest BCUT2D eigenvalue weighted by atomic mass is 32.2. The molecule has 9 heterocycles. The van der Waals surface area contributed by atoms with E-state index in [9.17, 15) is 9.59 Å². The number of rotatable bonds is 8. The van der Waals surface area contributed by atoms with E-state index in [1.165, 1.54) is 77.7 Å². The van der Waals surface area contributed by atoms with E-state index in [4.69, 9.17) is 28.8 Å². The van der Waals surface area contributed by atoms with Gasteiger partial charge in [-0.25, -0.2) is 0 Å². The lowest BCUT2D eigenvalue weighted by Crippen LogP contribution is -2.41. The molecule has 11 rings (SSSR count). The van der Waals surface area contributed by atoms with Crippen molar-refractivity contribution < 1.29 is 38.4 Å². The van der Waals surface area contributed by atoms with Crippen molar-refractivity contribution in [3.05, 3.63) is 58.9 Å². The number of carbonyl (C=O) groups is 2. The number of aromatic amines is 2. The number of hydrogen-bond donors (Lipinski definition) is 3. The molecule has 0 radical (unpaired) electrons. The molecule has 1 unspecified atom stereocenters. The molecule has 18 heteroatoms. The van der Waals surface area contributed by atoms with Crippen LogP contribution in [0.1, 0.15) is 90.9 Å². The minimum Gasteiger partial charge on any atom is -0.497 e. The summed E-state index contributed by atoms with van der Waals surface area (Å²) in [5, 5.41) is 23.3. The van der Waals surface area contributed by atoms with Crippen LogP contribution in [0.4, 0.5) is 0 Å². The number of ether oxygens (including phenoxy) is 5. The van der Waals surface area contributed by atoms with Gasteiger partial charge in [0.15, 0.2) is 0 Å². The van der Waals surface area contributed by atoms with E-state index in [1.54, 1.807) is 37.7 Å². The van der Waals surface area contributed by atoms with Crippen molar-refractivity contribution in [1.82, 2.24) is 40.0 Å². The highest BCUT2D eigenvalue weighted by molar-refractivity contribution is 7.99. The third-order valence-electron chi connectivity index (χ3n) is 13.2. The number of β-amino-alcohol motifs (C(OH)–C–C–N with tert-alkyl or cyclic N) is 1. The number of nitrogens with one attached hydrogen (secondary N) is 2. The number of nitrogens with zero attached hydrogens (tertiary/aromatic N) is 6. The molecule has 5 saturated heterocycles. The first-order valence-corrected chi connectivity index (χ1v) is 27.0. The lowest BCUT2D eigenvalue weighted by Gasteiger charge is -2.28. The van der Waals surface area contributed by atoms with Crippen LogP contribution < -0.4 is 9.47 Å². The van der Waals surface area contributed by atoms with Gasteiger partial charge >= 0.3 is 0 Å². The molecule has 1 atom stereocenters. The molecule has 0 spiro atoms. The maximum absolute atomic E-state index is 12.7. The summed E-state index contributed by atoms with van der Waals surface area (Å²) in [5.74, 6) is 4.00.